The van der Waals surface area contributed by atoms with Gasteiger partial charge in [0.05, 0.1) is 31.5 Å². The number of ether oxygens (including phenoxy) is 2. The van der Waals surface area contributed by atoms with E-state index >= 15 is 0 Å². The maximum atomic E-state index is 12.4. The fraction of sp³-hybridized carbons (Fsp3) is 0.400. The molecule has 1 aromatic heterocycles. The average molecular weight is 388 g/mol. The van der Waals surface area contributed by atoms with Crippen LogP contribution in [0, 0.1) is 6.92 Å². The van der Waals surface area contributed by atoms with E-state index in [9.17, 15) is 9.59 Å². The number of hydrogen-bond donors (Lipinski definition) is 2. The highest BCUT2D eigenvalue weighted by molar-refractivity contribution is 7.15. The highest BCUT2D eigenvalue weighted by Crippen LogP contribution is 2.46. The third-order valence-electron chi connectivity index (χ3n) is 4.36. The fourth-order valence-electron chi connectivity index (χ4n) is 2.88. The number of carbonyl (C=O) groups excluding carboxylic acids is 2. The van der Waals surface area contributed by atoms with Gasteiger partial charge in [-0.25, -0.2) is 4.79 Å². The van der Waals surface area contributed by atoms with Crippen LogP contribution in [0.4, 0.5) is 10.7 Å². The Balaban J connectivity index is 1.69. The Bertz CT molecular complexity index is 843. The topological polar surface area (TPSA) is 76.7 Å². The first-order valence-corrected chi connectivity index (χ1v) is 9.88. The Labute approximate surface area is 162 Å². The average Bonchev–Trinajstić information content (AvgIpc) is 3.41. The van der Waals surface area contributed by atoms with E-state index in [-0.39, 0.29) is 18.4 Å². The van der Waals surface area contributed by atoms with Crippen LogP contribution in [0.15, 0.2) is 23.6 Å². The molecule has 27 heavy (non-hydrogen) atoms. The maximum Gasteiger partial charge on any atom is 0.341 e. The van der Waals surface area contributed by atoms with Crippen molar-refractivity contribution in [1.29, 1.82) is 0 Å². The number of benzene rings is 1. The van der Waals surface area contributed by atoms with Gasteiger partial charge >= 0.3 is 5.97 Å². The first-order valence-electron chi connectivity index (χ1n) is 9.00. The van der Waals surface area contributed by atoms with Crippen LogP contribution < -0.4 is 15.4 Å². The minimum Gasteiger partial charge on any atom is -0.495 e. The summed E-state index contributed by atoms with van der Waals surface area (Å²) in [6.07, 6.45) is 2.15. The molecule has 1 aliphatic rings. The summed E-state index contributed by atoms with van der Waals surface area (Å²) in [7, 11) is 1.59. The monoisotopic (exact) mass is 388 g/mol. The zero-order chi connectivity index (χ0) is 19.4. The third-order valence-corrected chi connectivity index (χ3v) is 5.28. The molecule has 1 heterocycles. The Hall–Kier alpha value is -2.54. The molecule has 0 aliphatic heterocycles. The number of rotatable bonds is 8. The summed E-state index contributed by atoms with van der Waals surface area (Å²) in [6, 6.07) is 5.73. The van der Waals surface area contributed by atoms with Gasteiger partial charge in [-0.15, -0.1) is 11.3 Å². The van der Waals surface area contributed by atoms with E-state index in [0.717, 1.165) is 29.7 Å². The van der Waals surface area contributed by atoms with E-state index in [1.54, 1.807) is 14.0 Å². The lowest BCUT2D eigenvalue weighted by Crippen LogP contribution is -2.23. The lowest BCUT2D eigenvalue weighted by Gasteiger charge is -2.12. The molecule has 0 spiro atoms. The summed E-state index contributed by atoms with van der Waals surface area (Å²) < 4.78 is 10.5. The van der Waals surface area contributed by atoms with E-state index in [1.807, 2.05) is 30.5 Å². The molecule has 1 aliphatic carbocycles. The van der Waals surface area contributed by atoms with Crippen LogP contribution in [0.3, 0.4) is 0 Å². The van der Waals surface area contributed by atoms with E-state index in [1.165, 1.54) is 11.3 Å². The largest absolute Gasteiger partial charge is 0.495 e. The van der Waals surface area contributed by atoms with Crippen LogP contribution in [0.1, 0.15) is 47.2 Å². The third kappa shape index (κ3) is 4.60. The van der Waals surface area contributed by atoms with Crippen LogP contribution >= 0.6 is 11.3 Å². The second kappa shape index (κ2) is 8.43. The van der Waals surface area contributed by atoms with Crippen LogP contribution in [-0.4, -0.2) is 32.1 Å². The second-order valence-electron chi connectivity index (χ2n) is 6.50. The number of anilines is 2. The predicted molar refractivity (Wildman–Crippen MR) is 107 cm³/mol. The Morgan fingerprint density at radius 1 is 1.30 bits per heavy atom. The van der Waals surface area contributed by atoms with Crippen molar-refractivity contribution in [2.24, 2.45) is 0 Å². The lowest BCUT2D eigenvalue weighted by molar-refractivity contribution is -0.114. The van der Waals surface area contributed by atoms with Crippen molar-refractivity contribution in [2.45, 2.75) is 32.6 Å². The molecule has 2 aromatic rings. The predicted octanol–water partition coefficient (Wildman–Crippen LogP) is 4.17. The van der Waals surface area contributed by atoms with Crippen LogP contribution in [0.5, 0.6) is 5.75 Å². The Kier molecular flexibility index (Phi) is 6.01. The molecular weight excluding hydrogens is 364 g/mol. The molecule has 0 bridgehead atoms. The van der Waals surface area contributed by atoms with Gasteiger partial charge in [-0.1, -0.05) is 6.07 Å². The minimum absolute atomic E-state index is 0.0682. The summed E-state index contributed by atoms with van der Waals surface area (Å²) in [5, 5.41) is 8.45. The number of carbonyl (C=O) groups is 2. The highest BCUT2D eigenvalue weighted by Gasteiger charge is 2.32. The first-order chi connectivity index (χ1) is 13.0. The normalized spacial score (nSPS) is 13.1. The van der Waals surface area contributed by atoms with Crippen LogP contribution in [-0.2, 0) is 9.53 Å². The zero-order valence-electron chi connectivity index (χ0n) is 15.8. The Morgan fingerprint density at radius 2 is 2.07 bits per heavy atom. The lowest BCUT2D eigenvalue weighted by atomic mass is 10.1. The number of esters is 1. The van der Waals surface area contributed by atoms with Crippen molar-refractivity contribution in [3.63, 3.8) is 0 Å². The number of methoxy groups -OCH3 is 1. The number of amides is 1. The molecule has 1 saturated carbocycles. The summed E-state index contributed by atoms with van der Waals surface area (Å²) in [4.78, 5) is 24.8. The van der Waals surface area contributed by atoms with Gasteiger partial charge in [0.1, 0.15) is 10.8 Å². The van der Waals surface area contributed by atoms with E-state index in [0.29, 0.717) is 28.8 Å². The van der Waals surface area contributed by atoms with Crippen molar-refractivity contribution < 1.29 is 19.1 Å². The number of hydrogen-bond acceptors (Lipinski definition) is 6. The second-order valence-corrected chi connectivity index (χ2v) is 7.38. The van der Waals surface area contributed by atoms with Crippen molar-refractivity contribution in [1.82, 2.24) is 0 Å². The highest BCUT2D eigenvalue weighted by atomic mass is 32.1. The molecule has 0 radical (unpaired) electrons. The molecule has 7 heteroatoms. The van der Waals surface area contributed by atoms with Crippen molar-refractivity contribution >= 4 is 33.9 Å². The Morgan fingerprint density at radius 3 is 2.74 bits per heavy atom. The molecule has 0 atom stereocenters. The smallest absolute Gasteiger partial charge is 0.341 e. The van der Waals surface area contributed by atoms with E-state index in [2.05, 4.69) is 10.6 Å². The molecule has 1 aromatic carbocycles. The molecule has 6 nitrogen and oxygen atoms in total. The molecule has 0 saturated heterocycles. The summed E-state index contributed by atoms with van der Waals surface area (Å²) in [5.74, 6) is 0.478. The maximum absolute atomic E-state index is 12.4. The van der Waals surface area contributed by atoms with Gasteiger partial charge in [-0.3, -0.25) is 4.79 Å². The van der Waals surface area contributed by atoms with Crippen LogP contribution in [0.25, 0.3) is 0 Å². The van der Waals surface area contributed by atoms with E-state index < -0.39 is 0 Å². The number of nitrogens with one attached hydrogen (secondary N) is 2. The van der Waals surface area contributed by atoms with Crippen molar-refractivity contribution in [3.05, 3.63) is 40.3 Å². The molecular formula is C20H24N2O4S. The SMILES string of the molecule is CCOC(=O)c1c(C2CC2)csc1NC(=O)CNc1cc(C)ccc1OC. The van der Waals surface area contributed by atoms with Crippen LogP contribution in [0.2, 0.25) is 0 Å². The van der Waals surface area contributed by atoms with Gasteiger partial charge in [-0.05, 0) is 61.2 Å². The first kappa shape index (κ1) is 19.2. The number of aryl methyl sites for hydroxylation is 1. The molecule has 0 unspecified atom stereocenters. The van der Waals surface area contributed by atoms with E-state index in [4.69, 9.17) is 9.47 Å². The van der Waals surface area contributed by atoms with Gasteiger partial charge < -0.3 is 20.1 Å². The van der Waals surface area contributed by atoms with Gasteiger partial charge in [-0.2, -0.15) is 0 Å². The van der Waals surface area contributed by atoms with Crippen molar-refractivity contribution in [2.75, 3.05) is 30.9 Å². The van der Waals surface area contributed by atoms with Gasteiger partial charge in [0.15, 0.2) is 0 Å². The quantitative estimate of drug-likeness (QED) is 0.664. The van der Waals surface area contributed by atoms with Crippen molar-refractivity contribution in [3.8, 4) is 5.75 Å². The fourth-order valence-corrected chi connectivity index (χ4v) is 3.93. The molecule has 1 amide bonds. The standard InChI is InChI=1S/C20H24N2O4S/c1-4-26-20(24)18-14(13-6-7-13)11-27-19(18)22-17(23)10-21-15-9-12(2)5-8-16(15)25-3/h5,8-9,11,13,21H,4,6-7,10H2,1-3H3,(H,22,23). The zero-order valence-corrected chi connectivity index (χ0v) is 16.6. The molecule has 1 fully saturated rings. The van der Waals surface area contributed by atoms with Gasteiger partial charge in [0, 0.05) is 0 Å². The summed E-state index contributed by atoms with van der Waals surface area (Å²) in [5.41, 5.74) is 3.31. The van der Waals surface area contributed by atoms with Gasteiger partial charge in [0.25, 0.3) is 0 Å². The summed E-state index contributed by atoms with van der Waals surface area (Å²) >= 11 is 1.37. The van der Waals surface area contributed by atoms with Gasteiger partial charge in [0.2, 0.25) is 5.91 Å². The number of thiophene rings is 1. The summed E-state index contributed by atoms with van der Waals surface area (Å²) in [6.45, 7) is 4.12. The molecule has 144 valence electrons. The minimum atomic E-state index is -0.371. The molecule has 3 rings (SSSR count). The molecule has 2 N–H and O–H groups in total.